The molecule has 1 aliphatic rings. The molecule has 0 saturated carbocycles. The van der Waals surface area contributed by atoms with E-state index in [1.807, 2.05) is 0 Å². The van der Waals surface area contributed by atoms with E-state index in [9.17, 15) is 4.79 Å². The molecule has 6 nitrogen and oxygen atoms in total. The van der Waals surface area contributed by atoms with Crippen molar-refractivity contribution in [3.8, 4) is 0 Å². The lowest BCUT2D eigenvalue weighted by Crippen LogP contribution is -2.47. The third kappa shape index (κ3) is 3.39. The van der Waals surface area contributed by atoms with Crippen molar-refractivity contribution in [2.24, 2.45) is 5.92 Å². The highest BCUT2D eigenvalue weighted by atomic mass is 16.4. The van der Waals surface area contributed by atoms with Crippen LogP contribution in [0, 0.1) is 5.92 Å². The van der Waals surface area contributed by atoms with Gasteiger partial charge in [-0.25, -0.2) is 9.78 Å². The molecule has 2 heterocycles. The maximum Gasteiger partial charge on any atom is 0.337 e. The number of anilines is 2. The standard InChI is InChI=1S/C14H22N4O2/c1-10(2)9-17-3-5-18(6-4-17)13-7-11(14(19)20)12(15)8-16-13/h7-8,10H,3-6,9,15H2,1-2H3,(H,19,20). The number of carboxylic acids is 1. The van der Waals surface area contributed by atoms with Gasteiger partial charge >= 0.3 is 5.97 Å². The molecule has 1 aliphatic heterocycles. The lowest BCUT2D eigenvalue weighted by Gasteiger charge is -2.36. The summed E-state index contributed by atoms with van der Waals surface area (Å²) in [6.07, 6.45) is 1.43. The number of piperazine rings is 1. The SMILES string of the molecule is CC(C)CN1CCN(c2cc(C(=O)O)c(N)cn2)CC1. The highest BCUT2D eigenvalue weighted by Crippen LogP contribution is 2.19. The Morgan fingerprint density at radius 3 is 2.60 bits per heavy atom. The first-order valence-electron chi connectivity index (χ1n) is 6.93. The number of hydrogen-bond donors (Lipinski definition) is 2. The van der Waals surface area contributed by atoms with Gasteiger partial charge in [-0.1, -0.05) is 13.8 Å². The van der Waals surface area contributed by atoms with Crippen LogP contribution in [0.25, 0.3) is 0 Å². The molecule has 6 heteroatoms. The Kier molecular flexibility index (Phi) is 4.44. The molecule has 3 N–H and O–H groups in total. The second-order valence-corrected chi connectivity index (χ2v) is 5.62. The first-order valence-corrected chi connectivity index (χ1v) is 6.93. The number of hydrogen-bond acceptors (Lipinski definition) is 5. The average Bonchev–Trinajstić information content (AvgIpc) is 2.39. The van der Waals surface area contributed by atoms with Gasteiger partial charge in [-0.3, -0.25) is 4.90 Å². The number of nitrogens with two attached hydrogens (primary N) is 1. The molecule has 20 heavy (non-hydrogen) atoms. The van der Waals surface area contributed by atoms with Crippen molar-refractivity contribution in [3.05, 3.63) is 17.8 Å². The predicted molar refractivity (Wildman–Crippen MR) is 79.1 cm³/mol. The lowest BCUT2D eigenvalue weighted by atomic mass is 10.2. The van der Waals surface area contributed by atoms with Crippen molar-refractivity contribution in [1.29, 1.82) is 0 Å². The van der Waals surface area contributed by atoms with Crippen LogP contribution < -0.4 is 10.6 Å². The number of aromatic nitrogens is 1. The summed E-state index contributed by atoms with van der Waals surface area (Å²) in [6.45, 7) is 9.22. The molecule has 1 saturated heterocycles. The number of nitrogens with zero attached hydrogens (tertiary/aromatic N) is 3. The fourth-order valence-electron chi connectivity index (χ4n) is 2.49. The van der Waals surface area contributed by atoms with Gasteiger partial charge in [0.15, 0.2) is 0 Å². The predicted octanol–water partition coefficient (Wildman–Crippen LogP) is 1.14. The number of carbonyl (C=O) groups is 1. The minimum Gasteiger partial charge on any atom is -0.478 e. The summed E-state index contributed by atoms with van der Waals surface area (Å²) in [5.74, 6) is 0.347. The number of carboxylic acid groups (broad SMARTS) is 1. The summed E-state index contributed by atoms with van der Waals surface area (Å²) in [6, 6.07) is 1.57. The maximum absolute atomic E-state index is 11.1. The molecule has 1 fully saturated rings. The van der Waals surface area contributed by atoms with Crippen molar-refractivity contribution in [1.82, 2.24) is 9.88 Å². The van der Waals surface area contributed by atoms with Gasteiger partial charge in [-0.05, 0) is 12.0 Å². The molecule has 110 valence electrons. The molecule has 0 amide bonds. The van der Waals surface area contributed by atoms with E-state index in [0.29, 0.717) is 11.7 Å². The van der Waals surface area contributed by atoms with Crippen molar-refractivity contribution in [3.63, 3.8) is 0 Å². The van der Waals surface area contributed by atoms with Crippen LogP contribution >= 0.6 is 0 Å². The zero-order chi connectivity index (χ0) is 14.7. The molecule has 0 aromatic carbocycles. The Hall–Kier alpha value is -1.82. The fraction of sp³-hybridized carbons (Fsp3) is 0.571. The van der Waals surface area contributed by atoms with E-state index in [2.05, 4.69) is 28.6 Å². The van der Waals surface area contributed by atoms with Crippen molar-refractivity contribution in [2.45, 2.75) is 13.8 Å². The Balaban J connectivity index is 2.03. The van der Waals surface area contributed by atoms with Crippen LogP contribution in [-0.2, 0) is 0 Å². The number of nitrogen functional groups attached to an aromatic ring is 1. The maximum atomic E-state index is 11.1. The monoisotopic (exact) mass is 278 g/mol. The van der Waals surface area contributed by atoms with Gasteiger partial charge in [0.2, 0.25) is 0 Å². The van der Waals surface area contributed by atoms with Crippen molar-refractivity contribution >= 4 is 17.5 Å². The first kappa shape index (κ1) is 14.6. The van der Waals surface area contributed by atoms with Gasteiger partial charge in [0.25, 0.3) is 0 Å². The highest BCUT2D eigenvalue weighted by molar-refractivity contribution is 5.94. The molecule has 2 rings (SSSR count). The smallest absolute Gasteiger partial charge is 0.337 e. The lowest BCUT2D eigenvalue weighted by molar-refractivity contribution is 0.0698. The zero-order valence-electron chi connectivity index (χ0n) is 12.0. The van der Waals surface area contributed by atoms with Gasteiger partial charge in [-0.2, -0.15) is 0 Å². The third-order valence-corrected chi connectivity index (χ3v) is 3.47. The molecular formula is C14H22N4O2. The van der Waals surface area contributed by atoms with Crippen LogP contribution in [0.4, 0.5) is 11.5 Å². The van der Waals surface area contributed by atoms with E-state index in [0.717, 1.165) is 32.7 Å². The summed E-state index contributed by atoms with van der Waals surface area (Å²) in [7, 11) is 0. The Bertz CT molecular complexity index is 482. The van der Waals surface area contributed by atoms with Crippen LogP contribution in [0.15, 0.2) is 12.3 Å². The van der Waals surface area contributed by atoms with Crippen LogP contribution in [0.2, 0.25) is 0 Å². The molecular weight excluding hydrogens is 256 g/mol. The average molecular weight is 278 g/mol. The van der Waals surface area contributed by atoms with E-state index < -0.39 is 5.97 Å². The van der Waals surface area contributed by atoms with Crippen LogP contribution in [0.1, 0.15) is 24.2 Å². The van der Waals surface area contributed by atoms with Gasteiger partial charge in [-0.15, -0.1) is 0 Å². The van der Waals surface area contributed by atoms with Crippen molar-refractivity contribution < 1.29 is 9.90 Å². The number of aromatic carboxylic acids is 1. The Morgan fingerprint density at radius 2 is 2.05 bits per heavy atom. The molecule has 0 atom stereocenters. The molecule has 0 aliphatic carbocycles. The molecule has 0 radical (unpaired) electrons. The van der Waals surface area contributed by atoms with Gasteiger partial charge in [0.1, 0.15) is 5.82 Å². The zero-order valence-corrected chi connectivity index (χ0v) is 12.0. The quantitative estimate of drug-likeness (QED) is 0.859. The van der Waals surface area contributed by atoms with E-state index in [4.69, 9.17) is 10.8 Å². The molecule has 0 bridgehead atoms. The second kappa shape index (κ2) is 6.09. The van der Waals surface area contributed by atoms with E-state index in [1.54, 1.807) is 6.07 Å². The fourth-order valence-corrected chi connectivity index (χ4v) is 2.49. The number of rotatable bonds is 4. The minimum atomic E-state index is -1.01. The summed E-state index contributed by atoms with van der Waals surface area (Å²) in [5.41, 5.74) is 5.96. The van der Waals surface area contributed by atoms with Crippen LogP contribution in [0.5, 0.6) is 0 Å². The van der Waals surface area contributed by atoms with E-state index >= 15 is 0 Å². The Labute approximate surface area is 119 Å². The molecule has 0 spiro atoms. The topological polar surface area (TPSA) is 82.7 Å². The Morgan fingerprint density at radius 1 is 1.40 bits per heavy atom. The molecule has 0 unspecified atom stereocenters. The largest absolute Gasteiger partial charge is 0.478 e. The number of pyridine rings is 1. The van der Waals surface area contributed by atoms with Gasteiger partial charge in [0.05, 0.1) is 17.4 Å². The minimum absolute atomic E-state index is 0.125. The summed E-state index contributed by atoms with van der Waals surface area (Å²) < 4.78 is 0. The summed E-state index contributed by atoms with van der Waals surface area (Å²) in [4.78, 5) is 19.9. The van der Waals surface area contributed by atoms with Crippen molar-refractivity contribution in [2.75, 3.05) is 43.4 Å². The molecule has 1 aromatic heterocycles. The van der Waals surface area contributed by atoms with E-state index in [-0.39, 0.29) is 11.3 Å². The van der Waals surface area contributed by atoms with Crippen LogP contribution in [-0.4, -0.2) is 53.7 Å². The normalized spacial score (nSPS) is 16.6. The first-order chi connectivity index (χ1) is 9.47. The second-order valence-electron chi connectivity index (χ2n) is 5.62. The highest BCUT2D eigenvalue weighted by Gasteiger charge is 2.20. The summed E-state index contributed by atoms with van der Waals surface area (Å²) >= 11 is 0. The van der Waals surface area contributed by atoms with E-state index in [1.165, 1.54) is 6.20 Å². The molecule has 1 aromatic rings. The summed E-state index contributed by atoms with van der Waals surface area (Å²) in [5, 5.41) is 9.10. The van der Waals surface area contributed by atoms with Gasteiger partial charge < -0.3 is 15.7 Å². The van der Waals surface area contributed by atoms with Crippen LogP contribution in [0.3, 0.4) is 0 Å². The van der Waals surface area contributed by atoms with Gasteiger partial charge in [0, 0.05) is 32.7 Å². The third-order valence-electron chi connectivity index (χ3n) is 3.47.